The number of halogens is 4. The van der Waals surface area contributed by atoms with Gasteiger partial charge in [0.1, 0.15) is 5.82 Å². The fraction of sp³-hybridized carbons (Fsp3) is 0.250. The summed E-state index contributed by atoms with van der Waals surface area (Å²) in [6, 6.07) is 7.26. The highest BCUT2D eigenvalue weighted by molar-refractivity contribution is 9.09. The molecule has 0 radical (unpaired) electrons. The van der Waals surface area contributed by atoms with Gasteiger partial charge >= 0.3 is 0 Å². The molecule has 6 heteroatoms. The molecule has 0 spiro atoms. The van der Waals surface area contributed by atoms with E-state index in [1.54, 1.807) is 18.2 Å². The van der Waals surface area contributed by atoms with Crippen molar-refractivity contribution in [3.8, 4) is 22.6 Å². The molecule has 1 N–H and O–H groups in total. The van der Waals surface area contributed by atoms with Crippen LogP contribution in [0.4, 0.5) is 4.39 Å². The van der Waals surface area contributed by atoms with E-state index in [-0.39, 0.29) is 23.0 Å². The minimum absolute atomic E-state index is 0.0683. The fourth-order valence-electron chi connectivity index (χ4n) is 1.91. The molecule has 0 fully saturated rings. The molecular weight excluding hydrogens is 394 g/mol. The van der Waals surface area contributed by atoms with E-state index in [2.05, 4.69) is 15.9 Å². The van der Waals surface area contributed by atoms with Crippen molar-refractivity contribution in [3.05, 3.63) is 46.2 Å². The molecule has 0 bridgehead atoms. The quantitative estimate of drug-likeness (QED) is 0.623. The minimum Gasteiger partial charge on any atom is -0.504 e. The summed E-state index contributed by atoms with van der Waals surface area (Å²) in [7, 11) is 0. The SMILES string of the molecule is C[C@H](CBr)COc1cc(F)cc(-c2c(Cl)cccc2Cl)c1O. The van der Waals surface area contributed by atoms with E-state index in [0.717, 1.165) is 11.4 Å². The van der Waals surface area contributed by atoms with E-state index in [1.165, 1.54) is 6.07 Å². The van der Waals surface area contributed by atoms with Gasteiger partial charge < -0.3 is 9.84 Å². The van der Waals surface area contributed by atoms with E-state index >= 15 is 0 Å². The minimum atomic E-state index is -0.537. The number of alkyl halides is 1. The van der Waals surface area contributed by atoms with Crippen LogP contribution in [0.15, 0.2) is 30.3 Å². The lowest BCUT2D eigenvalue weighted by Gasteiger charge is -2.15. The Labute approximate surface area is 146 Å². The summed E-state index contributed by atoms with van der Waals surface area (Å²) >= 11 is 15.6. The van der Waals surface area contributed by atoms with Gasteiger partial charge in [0, 0.05) is 22.5 Å². The van der Waals surface area contributed by atoms with Crippen molar-refractivity contribution in [2.24, 2.45) is 5.92 Å². The molecular formula is C16H14BrCl2FO2. The van der Waals surface area contributed by atoms with Gasteiger partial charge in [-0.3, -0.25) is 0 Å². The summed E-state index contributed by atoms with van der Waals surface area (Å²) in [5.41, 5.74) is 0.582. The molecule has 0 saturated heterocycles. The average molecular weight is 408 g/mol. The van der Waals surface area contributed by atoms with Crippen LogP contribution in [0, 0.1) is 11.7 Å². The maximum absolute atomic E-state index is 13.9. The molecule has 0 aromatic heterocycles. The Morgan fingerprint density at radius 2 is 1.91 bits per heavy atom. The first-order valence-corrected chi connectivity index (χ1v) is 8.47. The fourth-order valence-corrected chi connectivity index (χ4v) is 2.69. The summed E-state index contributed by atoms with van der Waals surface area (Å²) in [4.78, 5) is 0. The highest BCUT2D eigenvalue weighted by atomic mass is 79.9. The zero-order valence-corrected chi connectivity index (χ0v) is 14.8. The predicted octanol–water partition coefficient (Wildman–Crippen LogP) is 5.91. The average Bonchev–Trinajstić information content (AvgIpc) is 2.48. The molecule has 1 atom stereocenters. The Balaban J connectivity index is 2.47. The molecule has 0 saturated carbocycles. The third-order valence-corrected chi connectivity index (χ3v) is 4.79. The molecule has 0 heterocycles. The third-order valence-electron chi connectivity index (χ3n) is 3.06. The molecule has 2 nitrogen and oxygen atoms in total. The lowest BCUT2D eigenvalue weighted by atomic mass is 10.0. The zero-order chi connectivity index (χ0) is 16.3. The van der Waals surface area contributed by atoms with Crippen LogP contribution in [0.25, 0.3) is 11.1 Å². The van der Waals surface area contributed by atoms with Gasteiger partial charge in [0.15, 0.2) is 11.5 Å². The topological polar surface area (TPSA) is 29.5 Å². The van der Waals surface area contributed by atoms with Crippen LogP contribution in [0.3, 0.4) is 0 Å². The van der Waals surface area contributed by atoms with E-state index in [1.807, 2.05) is 6.92 Å². The summed E-state index contributed by atoms with van der Waals surface area (Å²) in [6.45, 7) is 2.31. The van der Waals surface area contributed by atoms with Gasteiger partial charge in [-0.25, -0.2) is 4.39 Å². The number of aromatic hydroxyl groups is 1. The van der Waals surface area contributed by atoms with Crippen LogP contribution >= 0.6 is 39.1 Å². The molecule has 22 heavy (non-hydrogen) atoms. The van der Waals surface area contributed by atoms with Gasteiger partial charge in [-0.05, 0) is 24.1 Å². The maximum Gasteiger partial charge on any atom is 0.166 e. The van der Waals surface area contributed by atoms with E-state index < -0.39 is 5.82 Å². The Morgan fingerprint density at radius 3 is 2.50 bits per heavy atom. The molecule has 2 aromatic carbocycles. The van der Waals surface area contributed by atoms with Gasteiger partial charge in [-0.15, -0.1) is 0 Å². The highest BCUT2D eigenvalue weighted by Crippen LogP contribution is 2.43. The second kappa shape index (κ2) is 7.53. The van der Waals surface area contributed by atoms with Gasteiger partial charge in [-0.2, -0.15) is 0 Å². The summed E-state index contributed by atoms with van der Waals surface area (Å²) in [6.07, 6.45) is 0. The van der Waals surface area contributed by atoms with Gasteiger partial charge in [0.2, 0.25) is 0 Å². The predicted molar refractivity (Wildman–Crippen MR) is 92.0 cm³/mol. The first-order chi connectivity index (χ1) is 10.4. The number of hydrogen-bond acceptors (Lipinski definition) is 2. The van der Waals surface area contributed by atoms with Crippen molar-refractivity contribution in [3.63, 3.8) is 0 Å². The van der Waals surface area contributed by atoms with Gasteiger partial charge in [-0.1, -0.05) is 52.1 Å². The van der Waals surface area contributed by atoms with Crippen molar-refractivity contribution in [1.29, 1.82) is 0 Å². The molecule has 2 aromatic rings. The molecule has 0 aliphatic carbocycles. The monoisotopic (exact) mass is 406 g/mol. The Morgan fingerprint density at radius 1 is 1.27 bits per heavy atom. The molecule has 0 unspecified atom stereocenters. The normalized spacial score (nSPS) is 12.2. The summed E-state index contributed by atoms with van der Waals surface area (Å²) in [5.74, 6) is -0.433. The van der Waals surface area contributed by atoms with Crippen molar-refractivity contribution in [1.82, 2.24) is 0 Å². The second-order valence-electron chi connectivity index (χ2n) is 4.97. The number of benzene rings is 2. The maximum atomic E-state index is 13.9. The zero-order valence-electron chi connectivity index (χ0n) is 11.7. The second-order valence-corrected chi connectivity index (χ2v) is 6.43. The Bertz CT molecular complexity index is 659. The summed E-state index contributed by atoms with van der Waals surface area (Å²) in [5, 5.41) is 11.8. The Kier molecular flexibility index (Phi) is 5.95. The number of rotatable bonds is 5. The molecule has 0 aliphatic heterocycles. The molecule has 0 aliphatic rings. The van der Waals surface area contributed by atoms with Crippen LogP contribution < -0.4 is 4.74 Å². The first kappa shape index (κ1) is 17.4. The van der Waals surface area contributed by atoms with E-state index in [9.17, 15) is 9.50 Å². The first-order valence-electron chi connectivity index (χ1n) is 6.59. The number of ether oxygens (including phenoxy) is 1. The van der Waals surface area contributed by atoms with Crippen LogP contribution in [0.5, 0.6) is 11.5 Å². The van der Waals surface area contributed by atoms with Crippen LogP contribution in [-0.2, 0) is 0 Å². The van der Waals surface area contributed by atoms with Crippen LogP contribution in [-0.4, -0.2) is 17.0 Å². The van der Waals surface area contributed by atoms with Crippen molar-refractivity contribution < 1.29 is 14.2 Å². The molecule has 0 amide bonds. The van der Waals surface area contributed by atoms with Crippen LogP contribution in [0.2, 0.25) is 10.0 Å². The Hall–Kier alpha value is -0.970. The lowest BCUT2D eigenvalue weighted by molar-refractivity contribution is 0.261. The number of hydrogen-bond donors (Lipinski definition) is 1. The van der Waals surface area contributed by atoms with Gasteiger partial charge in [0.25, 0.3) is 0 Å². The van der Waals surface area contributed by atoms with E-state index in [4.69, 9.17) is 27.9 Å². The lowest BCUT2D eigenvalue weighted by Crippen LogP contribution is -2.09. The highest BCUT2D eigenvalue weighted by Gasteiger charge is 2.18. The largest absolute Gasteiger partial charge is 0.504 e. The number of phenols is 1. The van der Waals surface area contributed by atoms with E-state index in [0.29, 0.717) is 22.2 Å². The van der Waals surface area contributed by atoms with Crippen molar-refractivity contribution in [2.45, 2.75) is 6.92 Å². The van der Waals surface area contributed by atoms with Crippen LogP contribution in [0.1, 0.15) is 6.92 Å². The third kappa shape index (κ3) is 3.86. The number of phenolic OH excluding ortho intramolecular Hbond substituents is 1. The van der Waals surface area contributed by atoms with Crippen molar-refractivity contribution >= 4 is 39.1 Å². The van der Waals surface area contributed by atoms with Crippen molar-refractivity contribution in [2.75, 3.05) is 11.9 Å². The smallest absolute Gasteiger partial charge is 0.166 e. The standard InChI is InChI=1S/C16H14BrCl2FO2/c1-9(7-17)8-22-14-6-10(20)5-11(16(14)21)15-12(18)3-2-4-13(15)19/h2-6,9,21H,7-8H2,1H3/t9-/m1/s1. The van der Waals surface area contributed by atoms with Gasteiger partial charge in [0.05, 0.1) is 16.7 Å². The molecule has 2 rings (SSSR count). The molecule has 118 valence electrons. The summed E-state index contributed by atoms with van der Waals surface area (Å²) < 4.78 is 19.4.